The summed E-state index contributed by atoms with van der Waals surface area (Å²) >= 11 is 21.1. The van der Waals surface area contributed by atoms with Gasteiger partial charge in [-0.05, 0) is 40.2 Å². The Balaban J connectivity index is 2.32. The van der Waals surface area contributed by atoms with Gasteiger partial charge in [0.05, 0.1) is 21.3 Å². The van der Waals surface area contributed by atoms with Crippen LogP contribution in [0.25, 0.3) is 0 Å². The van der Waals surface area contributed by atoms with Crippen LogP contribution in [0.15, 0.2) is 40.9 Å². The number of benzene rings is 2. The average molecular weight is 379 g/mol. The van der Waals surface area contributed by atoms with Gasteiger partial charge in [-0.3, -0.25) is 4.79 Å². The van der Waals surface area contributed by atoms with Gasteiger partial charge in [0.2, 0.25) is 0 Å². The van der Waals surface area contributed by atoms with Crippen LogP contribution < -0.4 is 5.32 Å². The van der Waals surface area contributed by atoms with Crippen molar-refractivity contribution < 1.29 is 4.79 Å². The van der Waals surface area contributed by atoms with Gasteiger partial charge in [-0.2, -0.15) is 0 Å². The number of carbonyl (C=O) groups is 1. The maximum Gasteiger partial charge on any atom is 0.256 e. The van der Waals surface area contributed by atoms with E-state index in [1.54, 1.807) is 18.2 Å². The molecule has 0 saturated carbocycles. The summed E-state index contributed by atoms with van der Waals surface area (Å²) in [6.07, 6.45) is 0. The third kappa shape index (κ3) is 3.42. The van der Waals surface area contributed by atoms with Gasteiger partial charge >= 0.3 is 0 Å². The molecule has 2 nitrogen and oxygen atoms in total. The quantitative estimate of drug-likeness (QED) is 0.716. The van der Waals surface area contributed by atoms with Crippen LogP contribution in [0.2, 0.25) is 15.1 Å². The first-order chi connectivity index (χ1) is 8.99. The lowest BCUT2D eigenvalue weighted by Gasteiger charge is -2.10. The molecule has 1 N–H and O–H groups in total. The molecular weight excluding hydrogens is 372 g/mol. The van der Waals surface area contributed by atoms with Crippen molar-refractivity contribution in [2.45, 2.75) is 0 Å². The second-order valence-corrected chi connectivity index (χ2v) is 5.78. The smallest absolute Gasteiger partial charge is 0.256 e. The first-order valence-corrected chi connectivity index (χ1v) is 7.12. The highest BCUT2D eigenvalue weighted by Crippen LogP contribution is 2.34. The molecule has 0 aliphatic heterocycles. The topological polar surface area (TPSA) is 29.1 Å². The molecule has 0 unspecified atom stereocenters. The minimum atomic E-state index is -0.307. The molecule has 2 aromatic rings. The molecule has 0 radical (unpaired) electrons. The molecule has 2 rings (SSSR count). The van der Waals surface area contributed by atoms with Crippen LogP contribution >= 0.6 is 50.7 Å². The van der Waals surface area contributed by atoms with Crippen molar-refractivity contribution in [2.75, 3.05) is 5.32 Å². The summed E-state index contributed by atoms with van der Waals surface area (Å²) in [6.45, 7) is 0. The predicted octanol–water partition coefficient (Wildman–Crippen LogP) is 5.66. The molecule has 1 amide bonds. The molecule has 0 bridgehead atoms. The Labute approximate surface area is 133 Å². The zero-order valence-corrected chi connectivity index (χ0v) is 13.2. The number of carbonyl (C=O) groups excluding carboxylic acids is 1. The monoisotopic (exact) mass is 377 g/mol. The fraction of sp³-hybridized carbons (Fsp3) is 0. The van der Waals surface area contributed by atoms with Gasteiger partial charge < -0.3 is 5.32 Å². The third-order valence-electron chi connectivity index (χ3n) is 2.36. The lowest BCUT2D eigenvalue weighted by atomic mass is 10.2. The van der Waals surface area contributed by atoms with Gasteiger partial charge in [0.15, 0.2) is 0 Å². The Morgan fingerprint density at radius 3 is 2.21 bits per heavy atom. The third-order valence-corrected chi connectivity index (χ3v) is 3.87. The number of halogens is 4. The molecule has 98 valence electrons. The van der Waals surface area contributed by atoms with Crippen LogP contribution in [0.3, 0.4) is 0 Å². The summed E-state index contributed by atoms with van der Waals surface area (Å²) in [5, 5.41) is 3.66. The number of hydrogen-bond acceptors (Lipinski definition) is 1. The highest BCUT2D eigenvalue weighted by molar-refractivity contribution is 9.10. The fourth-order valence-corrected chi connectivity index (χ4v) is 2.86. The van der Waals surface area contributed by atoms with E-state index >= 15 is 0 Å². The molecule has 0 aliphatic rings. The number of anilines is 1. The maximum absolute atomic E-state index is 12.1. The Morgan fingerprint density at radius 2 is 1.63 bits per heavy atom. The van der Waals surface area contributed by atoms with Crippen molar-refractivity contribution in [3.8, 4) is 0 Å². The van der Waals surface area contributed by atoms with Crippen LogP contribution in [0.4, 0.5) is 5.69 Å². The number of amides is 1. The van der Waals surface area contributed by atoms with E-state index in [1.165, 1.54) is 12.1 Å². The first-order valence-electron chi connectivity index (χ1n) is 5.19. The summed E-state index contributed by atoms with van der Waals surface area (Å²) in [7, 11) is 0. The standard InChI is InChI=1S/C13H7BrCl3NO/c14-9-4-2-1-3-8(9)13(19)18-12-10(16)5-7(15)6-11(12)17/h1-6H,(H,18,19). The van der Waals surface area contributed by atoms with Crippen molar-refractivity contribution in [1.82, 2.24) is 0 Å². The zero-order valence-electron chi connectivity index (χ0n) is 9.38. The Bertz CT molecular complexity index is 623. The Hall–Kier alpha value is -0.740. The highest BCUT2D eigenvalue weighted by Gasteiger charge is 2.14. The minimum absolute atomic E-state index is 0.290. The molecule has 19 heavy (non-hydrogen) atoms. The van der Waals surface area contributed by atoms with Crippen LogP contribution in [-0.4, -0.2) is 5.91 Å². The van der Waals surface area contributed by atoms with Gasteiger partial charge in [-0.15, -0.1) is 0 Å². The molecule has 0 fully saturated rings. The average Bonchev–Trinajstić information content (AvgIpc) is 2.34. The summed E-state index contributed by atoms with van der Waals surface area (Å²) < 4.78 is 0.689. The van der Waals surface area contributed by atoms with Crippen molar-refractivity contribution >= 4 is 62.3 Å². The number of rotatable bonds is 2. The molecule has 6 heteroatoms. The summed E-state index contributed by atoms with van der Waals surface area (Å²) in [4.78, 5) is 12.1. The van der Waals surface area contributed by atoms with Crippen molar-refractivity contribution in [2.24, 2.45) is 0 Å². The van der Waals surface area contributed by atoms with Gasteiger partial charge in [-0.25, -0.2) is 0 Å². The largest absolute Gasteiger partial charge is 0.319 e. The minimum Gasteiger partial charge on any atom is -0.319 e. The fourth-order valence-electron chi connectivity index (χ4n) is 1.49. The summed E-state index contributed by atoms with van der Waals surface area (Å²) in [6, 6.07) is 10.1. The Morgan fingerprint density at radius 1 is 1.05 bits per heavy atom. The summed E-state index contributed by atoms with van der Waals surface area (Å²) in [5.41, 5.74) is 0.832. The van der Waals surface area contributed by atoms with Crippen LogP contribution in [0.1, 0.15) is 10.4 Å². The lowest BCUT2D eigenvalue weighted by Crippen LogP contribution is -2.13. The lowest BCUT2D eigenvalue weighted by molar-refractivity contribution is 0.102. The van der Waals surface area contributed by atoms with Crippen molar-refractivity contribution in [3.05, 3.63) is 61.5 Å². The van der Waals surface area contributed by atoms with Crippen molar-refractivity contribution in [1.29, 1.82) is 0 Å². The number of hydrogen-bond donors (Lipinski definition) is 1. The molecule has 2 aromatic carbocycles. The zero-order chi connectivity index (χ0) is 14.0. The Kier molecular flexibility index (Phi) is 4.74. The van der Waals surface area contributed by atoms with Crippen LogP contribution in [0, 0.1) is 0 Å². The predicted molar refractivity (Wildman–Crippen MR) is 83.6 cm³/mol. The maximum atomic E-state index is 12.1. The second-order valence-electron chi connectivity index (χ2n) is 3.68. The molecule has 0 heterocycles. The van der Waals surface area contributed by atoms with Gasteiger partial charge in [0.25, 0.3) is 5.91 Å². The van der Waals surface area contributed by atoms with Gasteiger partial charge in [0, 0.05) is 9.50 Å². The number of nitrogens with one attached hydrogen (secondary N) is 1. The van der Waals surface area contributed by atoms with Crippen molar-refractivity contribution in [3.63, 3.8) is 0 Å². The van der Waals surface area contributed by atoms with E-state index < -0.39 is 0 Å². The van der Waals surface area contributed by atoms with E-state index in [2.05, 4.69) is 21.2 Å². The van der Waals surface area contributed by atoms with E-state index in [4.69, 9.17) is 34.8 Å². The SMILES string of the molecule is O=C(Nc1c(Cl)cc(Cl)cc1Cl)c1ccccc1Br. The van der Waals surface area contributed by atoms with E-state index in [9.17, 15) is 4.79 Å². The van der Waals surface area contributed by atoms with E-state index in [0.717, 1.165) is 0 Å². The summed E-state index contributed by atoms with van der Waals surface area (Å²) in [5.74, 6) is -0.307. The van der Waals surface area contributed by atoms with E-state index in [1.807, 2.05) is 6.07 Å². The molecular formula is C13H7BrCl3NO. The normalized spacial score (nSPS) is 10.3. The molecule has 0 spiro atoms. The van der Waals surface area contributed by atoms with Gasteiger partial charge in [0.1, 0.15) is 0 Å². The second kappa shape index (κ2) is 6.14. The highest BCUT2D eigenvalue weighted by atomic mass is 79.9. The van der Waals surface area contributed by atoms with E-state index in [0.29, 0.717) is 20.7 Å². The van der Waals surface area contributed by atoms with E-state index in [-0.39, 0.29) is 16.0 Å². The van der Waals surface area contributed by atoms with Gasteiger partial charge in [-0.1, -0.05) is 46.9 Å². The molecule has 0 aliphatic carbocycles. The van der Waals surface area contributed by atoms with Crippen LogP contribution in [0.5, 0.6) is 0 Å². The first kappa shape index (κ1) is 14.7. The molecule has 0 saturated heterocycles. The molecule has 0 atom stereocenters. The van der Waals surface area contributed by atoms with Crippen LogP contribution in [-0.2, 0) is 0 Å². The molecule has 0 aromatic heterocycles.